The highest BCUT2D eigenvalue weighted by Crippen LogP contribution is 2.23. The van der Waals surface area contributed by atoms with Gasteiger partial charge in [0.15, 0.2) is 5.13 Å². The van der Waals surface area contributed by atoms with Crippen LogP contribution in [0.15, 0.2) is 5.38 Å². The highest BCUT2D eigenvalue weighted by molar-refractivity contribution is 7.13. The number of aliphatic hydroxyl groups excluding tert-OH is 1. The first-order valence-electron chi connectivity index (χ1n) is 7.36. The number of amides is 2. The average molecular weight is 312 g/mol. The minimum Gasteiger partial charge on any atom is -0.393 e. The van der Waals surface area contributed by atoms with Crippen LogP contribution in [0.5, 0.6) is 0 Å². The molecule has 1 fully saturated rings. The van der Waals surface area contributed by atoms with Gasteiger partial charge in [-0.1, -0.05) is 6.42 Å². The first-order chi connectivity index (χ1) is 10.0. The second kappa shape index (κ2) is 7.61. The van der Waals surface area contributed by atoms with Gasteiger partial charge in [-0.2, -0.15) is 0 Å². The zero-order chi connectivity index (χ0) is 15.2. The van der Waals surface area contributed by atoms with Crippen molar-refractivity contribution in [3.63, 3.8) is 0 Å². The number of hydrogen-bond donors (Lipinski definition) is 3. The first-order valence-corrected chi connectivity index (χ1v) is 8.24. The van der Waals surface area contributed by atoms with Crippen LogP contribution in [0.25, 0.3) is 0 Å². The average Bonchev–Trinajstić information content (AvgIpc) is 2.92. The molecule has 0 radical (unpaired) electrons. The fourth-order valence-electron chi connectivity index (χ4n) is 2.50. The van der Waals surface area contributed by atoms with E-state index in [1.165, 1.54) is 0 Å². The Morgan fingerprint density at radius 2 is 2.29 bits per heavy atom. The normalized spacial score (nSPS) is 21.9. The van der Waals surface area contributed by atoms with Crippen LogP contribution < -0.4 is 15.5 Å². The molecule has 1 aromatic heterocycles. The number of aliphatic hydroxyl groups is 1. The highest BCUT2D eigenvalue weighted by atomic mass is 32.1. The van der Waals surface area contributed by atoms with Crippen molar-refractivity contribution in [2.45, 2.75) is 38.3 Å². The molecule has 1 heterocycles. The van der Waals surface area contributed by atoms with Crippen LogP contribution in [0.1, 0.15) is 31.4 Å². The van der Waals surface area contributed by atoms with E-state index in [9.17, 15) is 9.90 Å². The topological polar surface area (TPSA) is 77.5 Å². The molecule has 118 valence electrons. The van der Waals surface area contributed by atoms with Gasteiger partial charge in [0.05, 0.1) is 18.3 Å². The molecular weight excluding hydrogens is 288 g/mol. The Balaban J connectivity index is 1.67. The van der Waals surface area contributed by atoms with Crippen molar-refractivity contribution in [2.75, 3.05) is 25.5 Å². The molecule has 2 unspecified atom stereocenters. The molecule has 7 heteroatoms. The van der Waals surface area contributed by atoms with Crippen molar-refractivity contribution in [2.24, 2.45) is 5.92 Å². The summed E-state index contributed by atoms with van der Waals surface area (Å²) in [6.07, 6.45) is 3.60. The van der Waals surface area contributed by atoms with Gasteiger partial charge in [-0.15, -0.1) is 11.3 Å². The molecule has 0 aliphatic heterocycles. The summed E-state index contributed by atoms with van der Waals surface area (Å²) in [5.41, 5.74) is 0.868. The van der Waals surface area contributed by atoms with Gasteiger partial charge in [-0.3, -0.25) is 0 Å². The Bertz CT molecular complexity index is 464. The third-order valence-electron chi connectivity index (χ3n) is 3.66. The van der Waals surface area contributed by atoms with E-state index < -0.39 is 0 Å². The molecule has 21 heavy (non-hydrogen) atoms. The maximum absolute atomic E-state index is 11.8. The van der Waals surface area contributed by atoms with Crippen LogP contribution in [0.4, 0.5) is 9.93 Å². The van der Waals surface area contributed by atoms with Crippen LogP contribution in [0.2, 0.25) is 0 Å². The number of nitrogens with zero attached hydrogens (tertiary/aromatic N) is 2. The lowest BCUT2D eigenvalue weighted by molar-refractivity contribution is 0.101. The van der Waals surface area contributed by atoms with Crippen molar-refractivity contribution >= 4 is 22.5 Å². The van der Waals surface area contributed by atoms with Gasteiger partial charge in [0.1, 0.15) is 0 Å². The van der Waals surface area contributed by atoms with Crippen molar-refractivity contribution in [3.8, 4) is 0 Å². The summed E-state index contributed by atoms with van der Waals surface area (Å²) in [7, 11) is 3.89. The molecule has 3 N–H and O–H groups in total. The van der Waals surface area contributed by atoms with E-state index in [0.29, 0.717) is 19.0 Å². The lowest BCUT2D eigenvalue weighted by Gasteiger charge is -2.25. The van der Waals surface area contributed by atoms with E-state index in [2.05, 4.69) is 15.6 Å². The summed E-state index contributed by atoms with van der Waals surface area (Å²) in [5, 5.41) is 18.2. The second-order valence-corrected chi connectivity index (χ2v) is 6.60. The number of carbonyl (C=O) groups excluding carboxylic acids is 1. The summed E-state index contributed by atoms with van der Waals surface area (Å²) in [4.78, 5) is 18.1. The number of nitrogens with one attached hydrogen (secondary N) is 2. The predicted molar refractivity (Wildman–Crippen MR) is 84.6 cm³/mol. The summed E-state index contributed by atoms with van der Waals surface area (Å²) >= 11 is 1.56. The SMILES string of the molecule is CN(C)c1nc(CNC(=O)NCC2CCCC(O)C2)cs1. The van der Waals surface area contributed by atoms with E-state index in [0.717, 1.165) is 36.5 Å². The lowest BCUT2D eigenvalue weighted by Crippen LogP contribution is -2.39. The summed E-state index contributed by atoms with van der Waals surface area (Å²) in [5.74, 6) is 0.388. The Kier molecular flexibility index (Phi) is 5.81. The zero-order valence-corrected chi connectivity index (χ0v) is 13.4. The van der Waals surface area contributed by atoms with Crippen molar-refractivity contribution in [1.82, 2.24) is 15.6 Å². The fourth-order valence-corrected chi connectivity index (χ4v) is 3.26. The third kappa shape index (κ3) is 5.17. The number of rotatable bonds is 5. The molecule has 1 saturated carbocycles. The first kappa shape index (κ1) is 16.0. The standard InChI is InChI=1S/C14H24N4O2S/c1-18(2)14-17-11(9-21-14)8-16-13(20)15-7-10-4-3-5-12(19)6-10/h9-10,12,19H,3-8H2,1-2H3,(H2,15,16,20). The lowest BCUT2D eigenvalue weighted by atomic mass is 9.87. The molecule has 1 aliphatic carbocycles. The summed E-state index contributed by atoms with van der Waals surface area (Å²) in [6.45, 7) is 1.06. The molecule has 1 aromatic rings. The van der Waals surface area contributed by atoms with Gasteiger partial charge in [-0.25, -0.2) is 9.78 Å². The number of aromatic nitrogens is 1. The van der Waals surface area contributed by atoms with Crippen LogP contribution in [-0.4, -0.2) is 42.9 Å². The van der Waals surface area contributed by atoms with E-state index >= 15 is 0 Å². The smallest absolute Gasteiger partial charge is 0.315 e. The van der Waals surface area contributed by atoms with E-state index in [1.54, 1.807) is 11.3 Å². The van der Waals surface area contributed by atoms with E-state index in [-0.39, 0.29) is 12.1 Å². The second-order valence-electron chi connectivity index (χ2n) is 5.77. The molecule has 0 aromatic carbocycles. The number of thiazole rings is 1. The molecule has 0 saturated heterocycles. The minimum atomic E-state index is -0.201. The van der Waals surface area contributed by atoms with Crippen molar-refractivity contribution < 1.29 is 9.90 Å². The summed E-state index contributed by atoms with van der Waals surface area (Å²) < 4.78 is 0. The Hall–Kier alpha value is -1.34. The maximum atomic E-state index is 11.8. The van der Waals surface area contributed by atoms with E-state index in [4.69, 9.17) is 0 Å². The number of carbonyl (C=O) groups is 1. The van der Waals surface area contributed by atoms with Crippen molar-refractivity contribution in [1.29, 1.82) is 0 Å². The molecule has 0 spiro atoms. The highest BCUT2D eigenvalue weighted by Gasteiger charge is 2.20. The monoisotopic (exact) mass is 312 g/mol. The van der Waals surface area contributed by atoms with Crippen LogP contribution >= 0.6 is 11.3 Å². The molecule has 0 bridgehead atoms. The number of anilines is 1. The molecule has 6 nitrogen and oxygen atoms in total. The maximum Gasteiger partial charge on any atom is 0.315 e. The molecule has 2 amide bonds. The van der Waals surface area contributed by atoms with Gasteiger partial charge < -0.3 is 20.6 Å². The number of urea groups is 1. The Morgan fingerprint density at radius 3 is 2.95 bits per heavy atom. The Labute approximate surface area is 129 Å². The van der Waals surface area contributed by atoms with Gasteiger partial charge in [-0.05, 0) is 25.2 Å². The summed E-state index contributed by atoms with van der Waals surface area (Å²) in [6, 6.07) is -0.172. The van der Waals surface area contributed by atoms with Crippen LogP contribution in [0, 0.1) is 5.92 Å². The van der Waals surface area contributed by atoms with Gasteiger partial charge in [0, 0.05) is 26.0 Å². The van der Waals surface area contributed by atoms with Gasteiger partial charge in [0.25, 0.3) is 0 Å². The minimum absolute atomic E-state index is 0.172. The van der Waals surface area contributed by atoms with Crippen molar-refractivity contribution in [3.05, 3.63) is 11.1 Å². The quantitative estimate of drug-likeness (QED) is 0.771. The van der Waals surface area contributed by atoms with Crippen LogP contribution in [0.3, 0.4) is 0 Å². The third-order valence-corrected chi connectivity index (χ3v) is 4.72. The zero-order valence-electron chi connectivity index (χ0n) is 12.6. The van der Waals surface area contributed by atoms with Crippen LogP contribution in [-0.2, 0) is 6.54 Å². The molecule has 1 aliphatic rings. The largest absolute Gasteiger partial charge is 0.393 e. The molecule has 2 atom stereocenters. The predicted octanol–water partition coefficient (Wildman–Crippen LogP) is 1.56. The Morgan fingerprint density at radius 1 is 1.48 bits per heavy atom. The van der Waals surface area contributed by atoms with Gasteiger partial charge >= 0.3 is 6.03 Å². The van der Waals surface area contributed by atoms with Gasteiger partial charge in [0.2, 0.25) is 0 Å². The fraction of sp³-hybridized carbons (Fsp3) is 0.714. The number of hydrogen-bond acceptors (Lipinski definition) is 5. The molecule has 2 rings (SSSR count). The van der Waals surface area contributed by atoms with E-state index in [1.807, 2.05) is 24.4 Å². The molecular formula is C14H24N4O2S.